The van der Waals surface area contributed by atoms with E-state index in [1.54, 1.807) is 20.9 Å². The van der Waals surface area contributed by atoms with E-state index in [1.807, 2.05) is 24.3 Å². The van der Waals surface area contributed by atoms with E-state index in [2.05, 4.69) is 0 Å². The molecule has 0 bridgehead atoms. The van der Waals surface area contributed by atoms with Gasteiger partial charge in [0.15, 0.2) is 6.10 Å². The molecule has 0 spiro atoms. The largest absolute Gasteiger partial charge is 0.480 e. The predicted octanol–water partition coefficient (Wildman–Crippen LogP) is 1.22. The van der Waals surface area contributed by atoms with Crippen LogP contribution in [0.4, 0.5) is 0 Å². The SMILES string of the molecule is CN(CC(C)(C)O)C(=O)C1Cc2ccccc2O1. The number of para-hydroxylation sites is 1. The zero-order valence-corrected chi connectivity index (χ0v) is 11.0. The van der Waals surface area contributed by atoms with Crippen LogP contribution in [0.1, 0.15) is 19.4 Å². The Kier molecular flexibility index (Phi) is 3.30. The third-order valence-electron chi connectivity index (χ3n) is 2.92. The zero-order chi connectivity index (χ0) is 13.3. The zero-order valence-electron chi connectivity index (χ0n) is 11.0. The van der Waals surface area contributed by atoms with Crippen LogP contribution in [-0.2, 0) is 11.2 Å². The van der Waals surface area contributed by atoms with E-state index in [0.29, 0.717) is 13.0 Å². The van der Waals surface area contributed by atoms with Crippen molar-refractivity contribution in [3.05, 3.63) is 29.8 Å². The van der Waals surface area contributed by atoms with Gasteiger partial charge in [-0.25, -0.2) is 0 Å². The number of amides is 1. The summed E-state index contributed by atoms with van der Waals surface area (Å²) in [5, 5.41) is 9.72. The fourth-order valence-electron chi connectivity index (χ4n) is 2.22. The summed E-state index contributed by atoms with van der Waals surface area (Å²) in [6.07, 6.45) is 0.139. The molecule has 1 aliphatic rings. The maximum absolute atomic E-state index is 12.2. The second kappa shape index (κ2) is 4.61. The van der Waals surface area contributed by atoms with Crippen molar-refractivity contribution >= 4 is 5.91 Å². The normalized spacial score (nSPS) is 18.1. The minimum atomic E-state index is -0.893. The molecule has 0 saturated carbocycles. The number of benzene rings is 1. The molecular weight excluding hydrogens is 230 g/mol. The van der Waals surface area contributed by atoms with Crippen LogP contribution in [-0.4, -0.2) is 41.2 Å². The molecule has 0 aromatic heterocycles. The van der Waals surface area contributed by atoms with E-state index in [-0.39, 0.29) is 5.91 Å². The molecule has 0 radical (unpaired) electrons. The topological polar surface area (TPSA) is 49.8 Å². The van der Waals surface area contributed by atoms with E-state index in [0.717, 1.165) is 11.3 Å². The van der Waals surface area contributed by atoms with Crippen LogP contribution in [0.3, 0.4) is 0 Å². The molecule has 1 heterocycles. The summed E-state index contributed by atoms with van der Waals surface area (Å²) in [4.78, 5) is 13.7. The van der Waals surface area contributed by atoms with Crippen molar-refractivity contribution in [2.24, 2.45) is 0 Å². The Morgan fingerprint density at radius 1 is 1.50 bits per heavy atom. The molecule has 2 rings (SSSR count). The van der Waals surface area contributed by atoms with Gasteiger partial charge in [-0.15, -0.1) is 0 Å². The van der Waals surface area contributed by atoms with Crippen LogP contribution in [0.25, 0.3) is 0 Å². The highest BCUT2D eigenvalue weighted by Crippen LogP contribution is 2.28. The number of ether oxygens (including phenoxy) is 1. The van der Waals surface area contributed by atoms with Crippen LogP contribution < -0.4 is 4.74 Å². The van der Waals surface area contributed by atoms with Crippen molar-refractivity contribution in [3.63, 3.8) is 0 Å². The minimum Gasteiger partial charge on any atom is -0.480 e. The van der Waals surface area contributed by atoms with E-state index in [4.69, 9.17) is 4.74 Å². The summed E-state index contributed by atoms with van der Waals surface area (Å²) in [6.45, 7) is 3.66. The van der Waals surface area contributed by atoms with Gasteiger partial charge in [-0.2, -0.15) is 0 Å². The Morgan fingerprint density at radius 3 is 2.78 bits per heavy atom. The van der Waals surface area contributed by atoms with E-state index < -0.39 is 11.7 Å². The van der Waals surface area contributed by atoms with E-state index in [1.165, 1.54) is 4.90 Å². The molecule has 1 aromatic carbocycles. The Morgan fingerprint density at radius 2 is 2.17 bits per heavy atom. The number of aliphatic hydroxyl groups is 1. The van der Waals surface area contributed by atoms with Crippen LogP contribution in [0, 0.1) is 0 Å². The fraction of sp³-hybridized carbons (Fsp3) is 0.500. The predicted molar refractivity (Wildman–Crippen MR) is 68.5 cm³/mol. The lowest BCUT2D eigenvalue weighted by Crippen LogP contribution is -2.45. The third kappa shape index (κ3) is 2.82. The van der Waals surface area contributed by atoms with E-state index in [9.17, 15) is 9.90 Å². The summed E-state index contributed by atoms with van der Waals surface area (Å²) < 4.78 is 5.63. The molecule has 4 nitrogen and oxygen atoms in total. The van der Waals surface area contributed by atoms with Gasteiger partial charge in [-0.3, -0.25) is 4.79 Å². The molecule has 0 saturated heterocycles. The van der Waals surface area contributed by atoms with Crippen LogP contribution in [0.15, 0.2) is 24.3 Å². The average Bonchev–Trinajstić information content (AvgIpc) is 2.68. The molecule has 1 amide bonds. The highest BCUT2D eigenvalue weighted by atomic mass is 16.5. The molecule has 4 heteroatoms. The smallest absolute Gasteiger partial charge is 0.263 e. The molecule has 1 atom stereocenters. The van der Waals surface area contributed by atoms with Gasteiger partial charge in [0.25, 0.3) is 5.91 Å². The van der Waals surface area contributed by atoms with Gasteiger partial charge in [0.2, 0.25) is 0 Å². The molecule has 1 N–H and O–H groups in total. The molecular formula is C14H19NO3. The van der Waals surface area contributed by atoms with Gasteiger partial charge < -0.3 is 14.7 Å². The lowest BCUT2D eigenvalue weighted by Gasteiger charge is -2.27. The monoisotopic (exact) mass is 249 g/mol. The molecule has 1 aliphatic heterocycles. The molecule has 1 unspecified atom stereocenters. The summed E-state index contributed by atoms with van der Waals surface area (Å²) >= 11 is 0. The molecule has 0 fully saturated rings. The lowest BCUT2D eigenvalue weighted by atomic mass is 10.1. The molecule has 18 heavy (non-hydrogen) atoms. The Hall–Kier alpha value is -1.55. The van der Waals surface area contributed by atoms with Crippen molar-refractivity contribution < 1.29 is 14.6 Å². The molecule has 0 aliphatic carbocycles. The first-order chi connectivity index (χ1) is 8.37. The van der Waals surface area contributed by atoms with Crippen LogP contribution in [0.2, 0.25) is 0 Å². The standard InChI is InChI=1S/C14H19NO3/c1-14(2,17)9-15(3)13(16)12-8-10-6-4-5-7-11(10)18-12/h4-7,12,17H,8-9H2,1-3H3. The van der Waals surface area contributed by atoms with Gasteiger partial charge in [0.05, 0.1) is 5.60 Å². The number of likely N-dealkylation sites (N-methyl/N-ethyl adjacent to an activating group) is 1. The summed E-state index contributed by atoms with van der Waals surface area (Å²) in [5.41, 5.74) is 0.170. The van der Waals surface area contributed by atoms with Gasteiger partial charge in [-0.05, 0) is 25.5 Å². The van der Waals surface area contributed by atoms with Crippen LogP contribution in [0.5, 0.6) is 5.75 Å². The van der Waals surface area contributed by atoms with Gasteiger partial charge in [-0.1, -0.05) is 18.2 Å². The van der Waals surface area contributed by atoms with Crippen molar-refractivity contribution in [3.8, 4) is 5.75 Å². The number of nitrogens with zero attached hydrogens (tertiary/aromatic N) is 1. The third-order valence-corrected chi connectivity index (χ3v) is 2.92. The first kappa shape index (κ1) is 12.9. The van der Waals surface area contributed by atoms with Crippen molar-refractivity contribution in [2.75, 3.05) is 13.6 Å². The number of hydrogen-bond donors (Lipinski definition) is 1. The van der Waals surface area contributed by atoms with Crippen molar-refractivity contribution in [1.82, 2.24) is 4.90 Å². The van der Waals surface area contributed by atoms with Gasteiger partial charge in [0.1, 0.15) is 5.75 Å². The maximum atomic E-state index is 12.2. The lowest BCUT2D eigenvalue weighted by molar-refractivity contribution is -0.139. The highest BCUT2D eigenvalue weighted by molar-refractivity contribution is 5.82. The number of hydrogen-bond acceptors (Lipinski definition) is 3. The first-order valence-electron chi connectivity index (χ1n) is 6.09. The average molecular weight is 249 g/mol. The minimum absolute atomic E-state index is 0.0895. The molecule has 98 valence electrons. The number of carbonyl (C=O) groups excluding carboxylic acids is 1. The van der Waals surface area contributed by atoms with Crippen molar-refractivity contribution in [2.45, 2.75) is 32.0 Å². The fourth-order valence-corrected chi connectivity index (χ4v) is 2.22. The summed E-state index contributed by atoms with van der Waals surface area (Å²) in [7, 11) is 1.69. The second-order valence-corrected chi connectivity index (χ2v) is 5.43. The van der Waals surface area contributed by atoms with Crippen LogP contribution >= 0.6 is 0 Å². The Labute approximate surface area is 107 Å². The number of rotatable bonds is 3. The van der Waals surface area contributed by atoms with E-state index >= 15 is 0 Å². The summed E-state index contributed by atoms with van der Waals surface area (Å²) in [6, 6.07) is 7.68. The molecule has 1 aromatic rings. The van der Waals surface area contributed by atoms with Gasteiger partial charge >= 0.3 is 0 Å². The maximum Gasteiger partial charge on any atom is 0.263 e. The Balaban J connectivity index is 2.01. The van der Waals surface area contributed by atoms with Gasteiger partial charge in [0, 0.05) is 20.0 Å². The number of fused-ring (bicyclic) bond motifs is 1. The number of carbonyl (C=O) groups is 1. The van der Waals surface area contributed by atoms with Crippen molar-refractivity contribution in [1.29, 1.82) is 0 Å². The summed E-state index contributed by atoms with van der Waals surface area (Å²) in [5.74, 6) is 0.695. The highest BCUT2D eigenvalue weighted by Gasteiger charge is 2.32. The second-order valence-electron chi connectivity index (χ2n) is 5.43. The quantitative estimate of drug-likeness (QED) is 0.876. The Bertz CT molecular complexity index is 426. The first-order valence-corrected chi connectivity index (χ1v) is 6.09.